The van der Waals surface area contributed by atoms with Crippen molar-refractivity contribution in [3.05, 3.63) is 11.4 Å². The SMILES string of the molecule is NC(=S)N1CCc2n[nH]nc2C1. The molecule has 0 saturated carbocycles. The molecule has 1 aromatic rings. The van der Waals surface area contributed by atoms with Crippen molar-refractivity contribution >= 4 is 17.3 Å². The van der Waals surface area contributed by atoms with Crippen LogP contribution in [0.3, 0.4) is 0 Å². The first-order valence-electron chi connectivity index (χ1n) is 3.70. The zero-order valence-electron chi connectivity index (χ0n) is 6.45. The molecule has 6 heteroatoms. The average molecular weight is 183 g/mol. The Kier molecular flexibility index (Phi) is 1.69. The van der Waals surface area contributed by atoms with Gasteiger partial charge in [0.1, 0.15) is 5.69 Å². The van der Waals surface area contributed by atoms with Crippen LogP contribution in [0, 0.1) is 0 Å². The fraction of sp³-hybridized carbons (Fsp3) is 0.500. The number of fused-ring (bicyclic) bond motifs is 1. The van der Waals surface area contributed by atoms with Gasteiger partial charge in [0.15, 0.2) is 5.11 Å². The first kappa shape index (κ1) is 7.48. The maximum Gasteiger partial charge on any atom is 0.166 e. The van der Waals surface area contributed by atoms with E-state index in [1.165, 1.54) is 0 Å². The summed E-state index contributed by atoms with van der Waals surface area (Å²) in [5.41, 5.74) is 7.47. The number of hydrogen-bond donors (Lipinski definition) is 2. The van der Waals surface area contributed by atoms with E-state index in [1.54, 1.807) is 0 Å². The molecule has 0 amide bonds. The summed E-state index contributed by atoms with van der Waals surface area (Å²) in [5.74, 6) is 0. The lowest BCUT2D eigenvalue weighted by Gasteiger charge is -2.25. The predicted molar refractivity (Wildman–Crippen MR) is 47.3 cm³/mol. The second-order valence-electron chi connectivity index (χ2n) is 2.73. The number of aromatic nitrogens is 3. The number of H-pyrrole nitrogens is 1. The van der Waals surface area contributed by atoms with E-state index in [0.717, 1.165) is 24.4 Å². The Hall–Kier alpha value is -1.17. The van der Waals surface area contributed by atoms with Gasteiger partial charge in [0, 0.05) is 13.0 Å². The Morgan fingerprint density at radius 1 is 1.50 bits per heavy atom. The van der Waals surface area contributed by atoms with Crippen LogP contribution in [0.15, 0.2) is 0 Å². The van der Waals surface area contributed by atoms with Gasteiger partial charge in [0.25, 0.3) is 0 Å². The van der Waals surface area contributed by atoms with Crippen LogP contribution in [-0.4, -0.2) is 32.0 Å². The zero-order valence-corrected chi connectivity index (χ0v) is 7.27. The summed E-state index contributed by atoms with van der Waals surface area (Å²) in [6.45, 7) is 1.52. The fourth-order valence-electron chi connectivity index (χ4n) is 1.29. The lowest BCUT2D eigenvalue weighted by molar-refractivity contribution is 0.389. The van der Waals surface area contributed by atoms with Crippen LogP contribution in [-0.2, 0) is 13.0 Å². The minimum absolute atomic E-state index is 0.434. The maximum atomic E-state index is 5.49. The summed E-state index contributed by atoms with van der Waals surface area (Å²) in [7, 11) is 0. The topological polar surface area (TPSA) is 70.8 Å². The molecule has 0 aromatic carbocycles. The maximum absolute atomic E-state index is 5.49. The molecule has 12 heavy (non-hydrogen) atoms. The van der Waals surface area contributed by atoms with E-state index in [1.807, 2.05) is 4.90 Å². The molecule has 0 fully saturated rings. The molecule has 0 radical (unpaired) electrons. The Morgan fingerprint density at radius 2 is 2.25 bits per heavy atom. The van der Waals surface area contributed by atoms with Gasteiger partial charge in [-0.15, -0.1) is 0 Å². The Labute approximate surface area is 74.9 Å². The summed E-state index contributed by atoms with van der Waals surface area (Å²) in [6.07, 6.45) is 0.864. The first-order valence-corrected chi connectivity index (χ1v) is 4.11. The van der Waals surface area contributed by atoms with Gasteiger partial charge in [-0.05, 0) is 12.2 Å². The van der Waals surface area contributed by atoms with Crippen LogP contribution in [0.1, 0.15) is 11.4 Å². The summed E-state index contributed by atoms with van der Waals surface area (Å²) in [6, 6.07) is 0. The van der Waals surface area contributed by atoms with E-state index in [9.17, 15) is 0 Å². The highest BCUT2D eigenvalue weighted by atomic mass is 32.1. The van der Waals surface area contributed by atoms with Crippen LogP contribution in [0.2, 0.25) is 0 Å². The molecule has 2 heterocycles. The number of rotatable bonds is 0. The number of nitrogens with one attached hydrogen (secondary N) is 1. The molecule has 5 nitrogen and oxygen atoms in total. The van der Waals surface area contributed by atoms with E-state index in [-0.39, 0.29) is 0 Å². The van der Waals surface area contributed by atoms with Crippen LogP contribution in [0.25, 0.3) is 0 Å². The minimum Gasteiger partial charge on any atom is -0.376 e. The van der Waals surface area contributed by atoms with Crippen molar-refractivity contribution < 1.29 is 0 Å². The Bertz CT molecular complexity index is 307. The molecular weight excluding hydrogens is 174 g/mol. The third-order valence-corrected chi connectivity index (χ3v) is 2.23. The number of thiocarbonyl (C=S) groups is 1. The normalized spacial score (nSPS) is 15.8. The van der Waals surface area contributed by atoms with Crippen molar-refractivity contribution in [1.82, 2.24) is 20.3 Å². The first-order chi connectivity index (χ1) is 5.77. The van der Waals surface area contributed by atoms with Gasteiger partial charge in [-0.2, -0.15) is 15.4 Å². The molecule has 0 spiro atoms. The summed E-state index contributed by atoms with van der Waals surface area (Å²) >= 11 is 4.86. The number of nitrogens with zero attached hydrogens (tertiary/aromatic N) is 3. The fourth-order valence-corrected chi connectivity index (χ4v) is 1.45. The van der Waals surface area contributed by atoms with Crippen molar-refractivity contribution in [2.24, 2.45) is 5.73 Å². The highest BCUT2D eigenvalue weighted by Gasteiger charge is 2.19. The van der Waals surface area contributed by atoms with Crippen molar-refractivity contribution in [2.45, 2.75) is 13.0 Å². The van der Waals surface area contributed by atoms with Gasteiger partial charge in [0.2, 0.25) is 0 Å². The van der Waals surface area contributed by atoms with Gasteiger partial charge in [-0.25, -0.2) is 0 Å². The number of aromatic amines is 1. The monoisotopic (exact) mass is 183 g/mol. The molecule has 0 saturated heterocycles. The molecule has 0 unspecified atom stereocenters. The van der Waals surface area contributed by atoms with Crippen molar-refractivity contribution in [1.29, 1.82) is 0 Å². The standard InChI is InChI=1S/C6H9N5S/c7-6(12)11-2-1-4-5(3-11)9-10-8-4/h1-3H2,(H2,7,12)(H,8,9,10). The molecule has 0 aliphatic carbocycles. The lowest BCUT2D eigenvalue weighted by Crippen LogP contribution is -2.39. The van der Waals surface area contributed by atoms with Crippen LogP contribution in [0.5, 0.6) is 0 Å². The molecule has 0 bridgehead atoms. The highest BCUT2D eigenvalue weighted by Crippen LogP contribution is 2.12. The molecule has 1 aliphatic heterocycles. The predicted octanol–water partition coefficient (Wildman–Crippen LogP) is -0.594. The van der Waals surface area contributed by atoms with Gasteiger partial charge < -0.3 is 10.6 Å². The quantitative estimate of drug-likeness (QED) is 0.526. The average Bonchev–Trinajstić information content (AvgIpc) is 2.49. The molecule has 2 rings (SSSR count). The molecule has 64 valence electrons. The van der Waals surface area contributed by atoms with E-state index in [2.05, 4.69) is 15.4 Å². The Balaban J connectivity index is 2.20. The van der Waals surface area contributed by atoms with E-state index in [4.69, 9.17) is 18.0 Å². The van der Waals surface area contributed by atoms with Crippen molar-refractivity contribution in [3.63, 3.8) is 0 Å². The zero-order chi connectivity index (χ0) is 8.55. The summed E-state index contributed by atoms with van der Waals surface area (Å²) < 4.78 is 0. The largest absolute Gasteiger partial charge is 0.376 e. The van der Waals surface area contributed by atoms with Gasteiger partial charge >= 0.3 is 0 Å². The molecule has 0 atom stereocenters. The number of hydrogen-bond acceptors (Lipinski definition) is 3. The van der Waals surface area contributed by atoms with Crippen molar-refractivity contribution in [2.75, 3.05) is 6.54 Å². The third kappa shape index (κ3) is 1.14. The van der Waals surface area contributed by atoms with Crippen LogP contribution < -0.4 is 5.73 Å². The van der Waals surface area contributed by atoms with E-state index >= 15 is 0 Å². The number of nitrogens with two attached hydrogens (primary N) is 1. The molecular formula is C6H9N5S. The van der Waals surface area contributed by atoms with Crippen LogP contribution in [0.4, 0.5) is 0 Å². The molecule has 3 N–H and O–H groups in total. The molecule has 1 aliphatic rings. The van der Waals surface area contributed by atoms with Crippen LogP contribution >= 0.6 is 12.2 Å². The van der Waals surface area contributed by atoms with Gasteiger partial charge in [-0.3, -0.25) is 0 Å². The Morgan fingerprint density at radius 3 is 3.00 bits per heavy atom. The van der Waals surface area contributed by atoms with E-state index in [0.29, 0.717) is 11.7 Å². The van der Waals surface area contributed by atoms with Crippen molar-refractivity contribution in [3.8, 4) is 0 Å². The minimum atomic E-state index is 0.434. The second kappa shape index (κ2) is 2.71. The van der Waals surface area contributed by atoms with Gasteiger partial charge in [0.05, 0.1) is 12.2 Å². The summed E-state index contributed by atoms with van der Waals surface area (Å²) in [4.78, 5) is 1.92. The van der Waals surface area contributed by atoms with Gasteiger partial charge in [-0.1, -0.05) is 0 Å². The third-order valence-electron chi connectivity index (χ3n) is 1.97. The summed E-state index contributed by atoms with van der Waals surface area (Å²) in [5, 5.41) is 11.0. The highest BCUT2D eigenvalue weighted by molar-refractivity contribution is 7.80. The molecule has 1 aromatic heterocycles. The lowest BCUT2D eigenvalue weighted by atomic mass is 10.1. The van der Waals surface area contributed by atoms with E-state index < -0.39 is 0 Å². The second-order valence-corrected chi connectivity index (χ2v) is 3.15. The smallest absolute Gasteiger partial charge is 0.166 e.